The number of sulfonamides is 1. The van der Waals surface area contributed by atoms with E-state index >= 15 is 0 Å². The first-order valence-corrected chi connectivity index (χ1v) is 12.7. The molecule has 0 radical (unpaired) electrons. The average molecular weight is 517 g/mol. The van der Waals surface area contributed by atoms with Crippen LogP contribution in [0.2, 0.25) is 5.02 Å². The molecule has 1 fully saturated rings. The van der Waals surface area contributed by atoms with Crippen molar-refractivity contribution in [2.24, 2.45) is 0 Å². The molecular weight excluding hydrogens is 497 g/mol. The number of aromatic nitrogens is 1. The van der Waals surface area contributed by atoms with Crippen LogP contribution in [0.25, 0.3) is 0 Å². The average Bonchev–Trinajstić information content (AvgIpc) is 3.44. The molecule has 0 amide bonds. The van der Waals surface area contributed by atoms with E-state index in [1.165, 1.54) is 28.3 Å². The molecule has 176 valence electrons. The summed E-state index contributed by atoms with van der Waals surface area (Å²) in [4.78, 5) is 7.01. The van der Waals surface area contributed by atoms with Gasteiger partial charge in [-0.3, -0.25) is 9.62 Å². The van der Waals surface area contributed by atoms with Gasteiger partial charge in [-0.25, -0.2) is 26.6 Å². The largest absolute Gasteiger partial charge is 0.369 e. The van der Waals surface area contributed by atoms with Gasteiger partial charge in [-0.2, -0.15) is 0 Å². The monoisotopic (exact) mass is 516 g/mol. The summed E-state index contributed by atoms with van der Waals surface area (Å²) in [6, 6.07) is 6.18. The third-order valence-corrected chi connectivity index (χ3v) is 7.82. The van der Waals surface area contributed by atoms with E-state index in [0.717, 1.165) is 18.2 Å². The molecule has 4 rings (SSSR count). The van der Waals surface area contributed by atoms with E-state index in [4.69, 9.17) is 11.6 Å². The Bertz CT molecular complexity index is 1260. The predicted octanol–water partition coefficient (Wildman–Crippen LogP) is 4.73. The number of likely N-dealkylation sites (tertiary alicyclic amines) is 1. The van der Waals surface area contributed by atoms with Crippen LogP contribution in [-0.4, -0.2) is 44.5 Å². The summed E-state index contributed by atoms with van der Waals surface area (Å²) in [7, 11) is -2.47. The molecule has 2 heterocycles. The summed E-state index contributed by atoms with van der Waals surface area (Å²) >= 11 is 7.55. The van der Waals surface area contributed by atoms with Gasteiger partial charge in [0.1, 0.15) is 10.7 Å². The smallest absolute Gasteiger partial charge is 0.266 e. The molecule has 0 aliphatic carbocycles. The predicted molar refractivity (Wildman–Crippen MR) is 123 cm³/mol. The Kier molecular flexibility index (Phi) is 6.85. The van der Waals surface area contributed by atoms with Gasteiger partial charge in [0.05, 0.1) is 16.2 Å². The molecule has 2 aromatic carbocycles. The zero-order valence-electron chi connectivity index (χ0n) is 17.4. The van der Waals surface area contributed by atoms with Crippen LogP contribution >= 0.6 is 22.9 Å². The van der Waals surface area contributed by atoms with Gasteiger partial charge in [-0.05, 0) is 18.6 Å². The van der Waals surface area contributed by atoms with Gasteiger partial charge >= 0.3 is 0 Å². The standard InChI is InChI=1S/C21H20ClF3N4O2S2/c1-28(14-5-6-29(10-14)9-13-3-2-4-16(23)21(13)25)18-8-17(24)19(7-15(18)22)33(30,31)27-20-11-32-12-26-20/h2-4,7-8,11-12,14,27H,5-6,9-10H2,1H3. The molecule has 1 aliphatic heterocycles. The maximum absolute atomic E-state index is 14.8. The molecule has 12 heteroatoms. The second-order valence-corrected chi connectivity index (χ2v) is 10.5. The van der Waals surface area contributed by atoms with Gasteiger partial charge in [0.25, 0.3) is 10.0 Å². The minimum Gasteiger partial charge on any atom is -0.369 e. The highest BCUT2D eigenvalue weighted by Gasteiger charge is 2.29. The highest BCUT2D eigenvalue weighted by Crippen LogP contribution is 2.34. The lowest BCUT2D eigenvalue weighted by Gasteiger charge is -2.28. The first-order valence-electron chi connectivity index (χ1n) is 9.94. The molecule has 1 atom stereocenters. The van der Waals surface area contributed by atoms with Gasteiger partial charge in [0.15, 0.2) is 17.5 Å². The fraction of sp³-hybridized carbons (Fsp3) is 0.286. The third-order valence-electron chi connectivity index (χ3n) is 5.56. The van der Waals surface area contributed by atoms with Crippen molar-refractivity contribution in [3.8, 4) is 0 Å². The van der Waals surface area contributed by atoms with Gasteiger partial charge in [-0.1, -0.05) is 23.7 Å². The first kappa shape index (κ1) is 23.8. The fourth-order valence-corrected chi connectivity index (χ4v) is 5.84. The Hall–Kier alpha value is -2.34. The Labute approximate surface area is 198 Å². The Morgan fingerprint density at radius 3 is 2.79 bits per heavy atom. The second-order valence-electron chi connectivity index (χ2n) is 7.71. The van der Waals surface area contributed by atoms with E-state index in [-0.39, 0.29) is 29.0 Å². The Morgan fingerprint density at radius 2 is 2.06 bits per heavy atom. The third kappa shape index (κ3) is 5.11. The lowest BCUT2D eigenvalue weighted by Crippen LogP contribution is -2.34. The van der Waals surface area contributed by atoms with E-state index in [1.807, 2.05) is 4.90 Å². The van der Waals surface area contributed by atoms with Crippen LogP contribution in [0.15, 0.2) is 46.1 Å². The first-order chi connectivity index (χ1) is 15.7. The van der Waals surface area contributed by atoms with Crippen molar-refractivity contribution in [2.45, 2.75) is 23.9 Å². The SMILES string of the molecule is CN(c1cc(F)c(S(=O)(=O)Nc2cscn2)cc1Cl)C1CCN(Cc2cccc(F)c2F)C1. The van der Waals surface area contributed by atoms with E-state index in [1.54, 1.807) is 18.0 Å². The van der Waals surface area contributed by atoms with Crippen molar-refractivity contribution in [1.29, 1.82) is 0 Å². The molecule has 3 aromatic rings. The number of nitrogens with one attached hydrogen (secondary N) is 1. The van der Waals surface area contributed by atoms with Crippen LogP contribution < -0.4 is 9.62 Å². The Balaban J connectivity index is 1.49. The maximum atomic E-state index is 14.8. The number of anilines is 2. The lowest BCUT2D eigenvalue weighted by atomic mass is 10.2. The van der Waals surface area contributed by atoms with Crippen LogP contribution in [0, 0.1) is 17.5 Å². The number of hydrogen-bond donors (Lipinski definition) is 1. The number of nitrogens with zero attached hydrogens (tertiary/aromatic N) is 3. The quantitative estimate of drug-likeness (QED) is 0.492. The van der Waals surface area contributed by atoms with Crippen LogP contribution in [0.4, 0.5) is 24.7 Å². The van der Waals surface area contributed by atoms with Gasteiger partial charge in [0, 0.05) is 49.7 Å². The van der Waals surface area contributed by atoms with Crippen molar-refractivity contribution >= 4 is 44.5 Å². The zero-order valence-corrected chi connectivity index (χ0v) is 19.8. The van der Waals surface area contributed by atoms with E-state index < -0.39 is 32.4 Å². The molecule has 0 saturated carbocycles. The molecule has 1 unspecified atom stereocenters. The summed E-state index contributed by atoms with van der Waals surface area (Å²) in [5.74, 6) is -2.59. The van der Waals surface area contributed by atoms with Gasteiger partial charge < -0.3 is 4.90 Å². The van der Waals surface area contributed by atoms with Crippen molar-refractivity contribution in [1.82, 2.24) is 9.88 Å². The van der Waals surface area contributed by atoms with Crippen LogP contribution in [0.1, 0.15) is 12.0 Å². The summed E-state index contributed by atoms with van der Waals surface area (Å²) < 4.78 is 69.6. The summed E-state index contributed by atoms with van der Waals surface area (Å²) in [6.45, 7) is 1.40. The van der Waals surface area contributed by atoms with Crippen LogP contribution in [-0.2, 0) is 16.6 Å². The lowest BCUT2D eigenvalue weighted by molar-refractivity contribution is 0.317. The number of rotatable bonds is 7. The number of hydrogen-bond acceptors (Lipinski definition) is 6. The van der Waals surface area contributed by atoms with E-state index in [0.29, 0.717) is 25.2 Å². The number of likely N-dealkylation sites (N-methyl/N-ethyl adjacent to an activating group) is 1. The summed E-state index contributed by atoms with van der Waals surface area (Å²) in [5.41, 5.74) is 2.06. The molecule has 1 aliphatic rings. The molecule has 33 heavy (non-hydrogen) atoms. The van der Waals surface area contributed by atoms with Crippen molar-refractivity contribution in [3.63, 3.8) is 0 Å². The minimum atomic E-state index is -4.21. The molecule has 6 nitrogen and oxygen atoms in total. The van der Waals surface area contributed by atoms with Crippen molar-refractivity contribution in [2.75, 3.05) is 29.8 Å². The van der Waals surface area contributed by atoms with E-state index in [9.17, 15) is 21.6 Å². The Morgan fingerprint density at radius 1 is 1.27 bits per heavy atom. The molecule has 1 saturated heterocycles. The van der Waals surface area contributed by atoms with Gasteiger partial charge in [-0.15, -0.1) is 11.3 Å². The molecule has 0 spiro atoms. The molecule has 1 aromatic heterocycles. The molecule has 0 bridgehead atoms. The zero-order chi connectivity index (χ0) is 23.8. The summed E-state index contributed by atoms with van der Waals surface area (Å²) in [6.07, 6.45) is 0.691. The van der Waals surface area contributed by atoms with Crippen LogP contribution in [0.5, 0.6) is 0 Å². The second kappa shape index (κ2) is 9.49. The van der Waals surface area contributed by atoms with E-state index in [2.05, 4.69) is 9.71 Å². The number of benzene rings is 2. The van der Waals surface area contributed by atoms with Gasteiger partial charge in [0.2, 0.25) is 0 Å². The topological polar surface area (TPSA) is 65.5 Å². The summed E-state index contributed by atoms with van der Waals surface area (Å²) in [5, 5.41) is 1.56. The number of halogens is 4. The van der Waals surface area contributed by atoms with Crippen molar-refractivity contribution in [3.05, 3.63) is 69.3 Å². The molecule has 1 N–H and O–H groups in total. The highest BCUT2D eigenvalue weighted by atomic mass is 35.5. The fourth-order valence-electron chi connectivity index (χ4n) is 3.83. The molecular formula is C21H20ClF3N4O2S2. The minimum absolute atomic E-state index is 0.0749. The maximum Gasteiger partial charge on any atom is 0.266 e. The number of thiazole rings is 1. The van der Waals surface area contributed by atoms with Crippen LogP contribution in [0.3, 0.4) is 0 Å². The highest BCUT2D eigenvalue weighted by molar-refractivity contribution is 7.92. The normalized spacial score (nSPS) is 16.8. The van der Waals surface area contributed by atoms with Crippen molar-refractivity contribution < 1.29 is 21.6 Å².